The van der Waals surface area contributed by atoms with Gasteiger partial charge < -0.3 is 4.74 Å². The number of carbonyl (C=O) groups is 1. The van der Waals surface area contributed by atoms with Crippen LogP contribution in [0.1, 0.15) is 43.0 Å². The van der Waals surface area contributed by atoms with Crippen LogP contribution in [-0.4, -0.2) is 33.2 Å². The van der Waals surface area contributed by atoms with Gasteiger partial charge >= 0.3 is 12.1 Å². The van der Waals surface area contributed by atoms with Crippen molar-refractivity contribution in [3.05, 3.63) is 28.2 Å². The number of ether oxygens (including phenoxy) is 1. The largest absolute Gasteiger partial charge is 0.462 e. The summed E-state index contributed by atoms with van der Waals surface area (Å²) in [5.74, 6) is -2.09. The summed E-state index contributed by atoms with van der Waals surface area (Å²) in [7, 11) is -4.03. The molecule has 1 fully saturated rings. The highest BCUT2D eigenvalue weighted by Crippen LogP contribution is 2.38. The van der Waals surface area contributed by atoms with E-state index in [0.717, 1.165) is 0 Å². The monoisotopic (exact) mass is 457 g/mol. The predicted octanol–water partition coefficient (Wildman–Crippen LogP) is 4.03. The molecular weight excluding hydrogens is 439 g/mol. The van der Waals surface area contributed by atoms with Gasteiger partial charge in [-0.3, -0.25) is 0 Å². The number of carbonyl (C=O) groups excluding carboxylic acids is 1. The number of rotatable bonds is 5. The van der Waals surface area contributed by atoms with E-state index in [0.29, 0.717) is 12.8 Å². The molecule has 146 valence electrons. The van der Waals surface area contributed by atoms with Crippen LogP contribution >= 0.6 is 15.9 Å². The molecule has 1 aliphatic rings. The Bertz CT molecular complexity index is 767. The Kier molecular flexibility index (Phi) is 6.73. The standard InChI is InChI=1S/C16H19BrF3NO4S/c1-2-25-15(22)10-6-7-14(13(17)8-10)26(23,24)21-12-5-3-4-11(9-12)16(18,19)20/h6-8,11-12,21H,2-5,9H2,1H3/t11-,12+/m1/s1. The fourth-order valence-corrected chi connectivity index (χ4v) is 5.30. The second-order valence-corrected chi connectivity index (χ2v) is 8.63. The molecule has 2 atom stereocenters. The minimum Gasteiger partial charge on any atom is -0.462 e. The Morgan fingerprint density at radius 2 is 2.04 bits per heavy atom. The number of sulfonamides is 1. The van der Waals surface area contributed by atoms with Gasteiger partial charge in [-0.05, 0) is 60.3 Å². The highest BCUT2D eigenvalue weighted by molar-refractivity contribution is 9.10. The summed E-state index contributed by atoms with van der Waals surface area (Å²) < 4.78 is 71.1. The Hall–Kier alpha value is -1.13. The summed E-state index contributed by atoms with van der Waals surface area (Å²) in [6, 6.07) is 3.06. The van der Waals surface area contributed by atoms with Crippen molar-refractivity contribution in [3.8, 4) is 0 Å². The minimum absolute atomic E-state index is 0.0136. The maximum atomic E-state index is 12.9. The van der Waals surface area contributed by atoms with Gasteiger partial charge in [0, 0.05) is 10.5 Å². The second kappa shape index (κ2) is 8.26. The van der Waals surface area contributed by atoms with Crippen molar-refractivity contribution in [2.45, 2.75) is 49.7 Å². The summed E-state index contributed by atoms with van der Waals surface area (Å²) >= 11 is 3.10. The third-order valence-electron chi connectivity index (χ3n) is 4.19. The van der Waals surface area contributed by atoms with E-state index in [1.807, 2.05) is 0 Å². The molecule has 0 aliphatic heterocycles. The number of hydrogen-bond acceptors (Lipinski definition) is 4. The first-order valence-electron chi connectivity index (χ1n) is 8.10. The van der Waals surface area contributed by atoms with Crippen LogP contribution in [0.25, 0.3) is 0 Å². The van der Waals surface area contributed by atoms with E-state index in [1.165, 1.54) is 18.2 Å². The van der Waals surface area contributed by atoms with Crippen LogP contribution < -0.4 is 4.72 Å². The molecule has 1 aliphatic carbocycles. The third kappa shape index (κ3) is 5.20. The number of halogens is 4. The maximum absolute atomic E-state index is 12.9. The van der Waals surface area contributed by atoms with Crippen LogP contribution in [0.5, 0.6) is 0 Å². The number of hydrogen-bond donors (Lipinski definition) is 1. The average Bonchev–Trinajstić information content (AvgIpc) is 2.53. The molecule has 1 saturated carbocycles. The fourth-order valence-electron chi connectivity index (χ4n) is 2.94. The molecule has 2 rings (SSSR count). The lowest BCUT2D eigenvalue weighted by Gasteiger charge is -2.30. The Morgan fingerprint density at radius 1 is 1.35 bits per heavy atom. The summed E-state index contributed by atoms with van der Waals surface area (Å²) in [5.41, 5.74) is 0.174. The highest BCUT2D eigenvalue weighted by Gasteiger charge is 2.43. The minimum atomic E-state index is -4.33. The summed E-state index contributed by atoms with van der Waals surface area (Å²) in [5, 5.41) is 0. The average molecular weight is 458 g/mol. The molecule has 0 spiro atoms. The first-order valence-corrected chi connectivity index (χ1v) is 10.4. The van der Waals surface area contributed by atoms with Crippen molar-refractivity contribution < 1.29 is 31.1 Å². The molecule has 10 heteroatoms. The van der Waals surface area contributed by atoms with E-state index in [2.05, 4.69) is 20.7 Å². The van der Waals surface area contributed by atoms with E-state index in [-0.39, 0.29) is 34.4 Å². The molecule has 0 saturated heterocycles. The normalized spacial score (nSPS) is 21.4. The Labute approximate surface area is 158 Å². The smallest absolute Gasteiger partial charge is 0.391 e. The van der Waals surface area contributed by atoms with Gasteiger partial charge in [-0.25, -0.2) is 17.9 Å². The number of esters is 1. The van der Waals surface area contributed by atoms with Gasteiger partial charge in [0.25, 0.3) is 0 Å². The van der Waals surface area contributed by atoms with Crippen molar-refractivity contribution in [1.82, 2.24) is 4.72 Å². The zero-order valence-electron chi connectivity index (χ0n) is 14.0. The Balaban J connectivity index is 2.16. The van der Waals surface area contributed by atoms with E-state index in [9.17, 15) is 26.4 Å². The van der Waals surface area contributed by atoms with Crippen molar-refractivity contribution in [2.24, 2.45) is 5.92 Å². The lowest BCUT2D eigenvalue weighted by Crippen LogP contribution is -2.41. The van der Waals surface area contributed by atoms with Crippen LogP contribution in [0.3, 0.4) is 0 Å². The SMILES string of the molecule is CCOC(=O)c1ccc(S(=O)(=O)N[C@H]2CCC[C@@H](C(F)(F)F)C2)c(Br)c1. The topological polar surface area (TPSA) is 72.5 Å². The third-order valence-corrected chi connectivity index (χ3v) is 6.69. The molecule has 0 unspecified atom stereocenters. The van der Waals surface area contributed by atoms with Crippen molar-refractivity contribution in [2.75, 3.05) is 6.61 Å². The van der Waals surface area contributed by atoms with Gasteiger partial charge in [0.05, 0.1) is 23.0 Å². The molecule has 1 aromatic carbocycles. The van der Waals surface area contributed by atoms with Gasteiger partial charge in [-0.2, -0.15) is 13.2 Å². The molecule has 0 heterocycles. The van der Waals surface area contributed by atoms with Gasteiger partial charge in [0.1, 0.15) is 0 Å². The second-order valence-electron chi connectivity index (χ2n) is 6.09. The molecule has 1 aromatic rings. The van der Waals surface area contributed by atoms with E-state index in [4.69, 9.17) is 4.74 Å². The van der Waals surface area contributed by atoms with Crippen LogP contribution in [0.4, 0.5) is 13.2 Å². The van der Waals surface area contributed by atoms with Gasteiger partial charge in [0.15, 0.2) is 0 Å². The number of alkyl halides is 3. The Morgan fingerprint density at radius 3 is 2.62 bits per heavy atom. The van der Waals surface area contributed by atoms with Crippen molar-refractivity contribution in [3.63, 3.8) is 0 Å². The lowest BCUT2D eigenvalue weighted by molar-refractivity contribution is -0.183. The molecule has 5 nitrogen and oxygen atoms in total. The first kappa shape index (κ1) is 21.2. The maximum Gasteiger partial charge on any atom is 0.391 e. The van der Waals surface area contributed by atoms with Gasteiger partial charge in [-0.15, -0.1) is 0 Å². The summed E-state index contributed by atoms with van der Waals surface area (Å²) in [4.78, 5) is 11.6. The van der Waals surface area contributed by atoms with E-state index >= 15 is 0 Å². The molecule has 0 aromatic heterocycles. The van der Waals surface area contributed by atoms with Crippen LogP contribution in [0, 0.1) is 5.92 Å². The van der Waals surface area contributed by atoms with Gasteiger partial charge in [0.2, 0.25) is 10.0 Å². The molecule has 0 amide bonds. The van der Waals surface area contributed by atoms with E-state index < -0.39 is 34.1 Å². The molecule has 0 bridgehead atoms. The van der Waals surface area contributed by atoms with Crippen LogP contribution in [-0.2, 0) is 14.8 Å². The predicted molar refractivity (Wildman–Crippen MR) is 92.2 cm³/mol. The molecular formula is C16H19BrF3NO4S. The zero-order valence-corrected chi connectivity index (χ0v) is 16.4. The number of nitrogens with one attached hydrogen (secondary N) is 1. The highest BCUT2D eigenvalue weighted by atomic mass is 79.9. The summed E-state index contributed by atoms with van der Waals surface area (Å²) in [6.07, 6.45) is -3.93. The molecule has 0 radical (unpaired) electrons. The zero-order chi connectivity index (χ0) is 19.5. The van der Waals surface area contributed by atoms with Crippen LogP contribution in [0.15, 0.2) is 27.6 Å². The summed E-state index contributed by atoms with van der Waals surface area (Å²) in [6.45, 7) is 1.83. The fraction of sp³-hybridized carbons (Fsp3) is 0.562. The molecule has 1 N–H and O–H groups in total. The van der Waals surface area contributed by atoms with Crippen molar-refractivity contribution in [1.29, 1.82) is 0 Å². The van der Waals surface area contributed by atoms with E-state index in [1.54, 1.807) is 6.92 Å². The van der Waals surface area contributed by atoms with Gasteiger partial charge in [-0.1, -0.05) is 6.42 Å². The van der Waals surface area contributed by atoms with Crippen LogP contribution in [0.2, 0.25) is 0 Å². The number of benzene rings is 1. The lowest BCUT2D eigenvalue weighted by atomic mass is 9.86. The first-order chi connectivity index (χ1) is 12.0. The quantitative estimate of drug-likeness (QED) is 0.677. The molecule has 26 heavy (non-hydrogen) atoms. The van der Waals surface area contributed by atoms with Crippen molar-refractivity contribution >= 4 is 31.9 Å².